The molecule has 0 bridgehead atoms. The second kappa shape index (κ2) is 3.30. The molecule has 1 N–H and O–H groups in total. The molecule has 78 valence electrons. The second-order valence-corrected chi connectivity index (χ2v) is 3.40. The van der Waals surface area contributed by atoms with Crippen molar-refractivity contribution in [3.63, 3.8) is 0 Å². The van der Waals surface area contributed by atoms with Crippen LogP contribution in [0.25, 0.3) is 17.0 Å². The molecule has 0 radical (unpaired) electrons. The maximum Gasteiger partial charge on any atom is 0.260 e. The minimum Gasteiger partial charge on any atom is -0.269 e. The molecule has 0 fully saturated rings. The Kier molecular flexibility index (Phi) is 1.83. The standard InChI is InChI=1S/C11H8N4O/c16-10-6-9(8-4-2-1-3-5-8)13-11-14-12-7-15(10)11/h1-7H,(H,13,14). The van der Waals surface area contributed by atoms with Gasteiger partial charge >= 0.3 is 0 Å². The van der Waals surface area contributed by atoms with E-state index in [4.69, 9.17) is 0 Å². The second-order valence-electron chi connectivity index (χ2n) is 3.40. The Hall–Kier alpha value is -2.43. The zero-order valence-corrected chi connectivity index (χ0v) is 8.29. The zero-order valence-electron chi connectivity index (χ0n) is 8.29. The number of benzene rings is 1. The SMILES string of the molecule is O=c1cc(-c2ccccc2)nc2[nH]ncn12. The molecule has 5 nitrogen and oxygen atoms in total. The number of hydrogen-bond donors (Lipinski definition) is 1. The van der Waals surface area contributed by atoms with Gasteiger partial charge in [-0.15, -0.1) is 0 Å². The van der Waals surface area contributed by atoms with Crippen LogP contribution >= 0.6 is 0 Å². The molecule has 16 heavy (non-hydrogen) atoms. The Morgan fingerprint density at radius 1 is 1.19 bits per heavy atom. The van der Waals surface area contributed by atoms with Gasteiger partial charge < -0.3 is 0 Å². The predicted octanol–water partition coefficient (Wildman–Crippen LogP) is 1.08. The summed E-state index contributed by atoms with van der Waals surface area (Å²) in [6.45, 7) is 0. The van der Waals surface area contributed by atoms with E-state index in [1.165, 1.54) is 16.8 Å². The minimum atomic E-state index is -0.141. The lowest BCUT2D eigenvalue weighted by atomic mass is 10.1. The Morgan fingerprint density at radius 2 is 2.00 bits per heavy atom. The number of nitrogens with one attached hydrogen (secondary N) is 1. The van der Waals surface area contributed by atoms with Gasteiger partial charge in [0.05, 0.1) is 5.69 Å². The lowest BCUT2D eigenvalue weighted by Gasteiger charge is -1.99. The first-order valence-corrected chi connectivity index (χ1v) is 4.83. The molecule has 0 aliphatic carbocycles. The fraction of sp³-hybridized carbons (Fsp3) is 0. The summed E-state index contributed by atoms with van der Waals surface area (Å²) in [5, 5.41) is 6.44. The van der Waals surface area contributed by atoms with E-state index in [1.807, 2.05) is 30.3 Å². The van der Waals surface area contributed by atoms with Crippen LogP contribution in [0.3, 0.4) is 0 Å². The lowest BCUT2D eigenvalue weighted by molar-refractivity contribution is 1.06. The molecule has 0 spiro atoms. The normalized spacial score (nSPS) is 10.8. The Labute approximate surface area is 90.4 Å². The van der Waals surface area contributed by atoms with Crippen LogP contribution in [0.2, 0.25) is 0 Å². The van der Waals surface area contributed by atoms with Gasteiger partial charge in [0.25, 0.3) is 5.56 Å². The van der Waals surface area contributed by atoms with Gasteiger partial charge in [-0.2, -0.15) is 5.10 Å². The van der Waals surface area contributed by atoms with Gasteiger partial charge in [0.1, 0.15) is 6.33 Å². The van der Waals surface area contributed by atoms with Crippen molar-refractivity contribution in [2.45, 2.75) is 0 Å². The monoisotopic (exact) mass is 212 g/mol. The first-order chi connectivity index (χ1) is 7.84. The Balaban J connectivity index is 2.30. The molecule has 2 heterocycles. The minimum absolute atomic E-state index is 0.141. The number of rotatable bonds is 1. The summed E-state index contributed by atoms with van der Waals surface area (Å²) >= 11 is 0. The predicted molar refractivity (Wildman–Crippen MR) is 59.0 cm³/mol. The molecule has 0 aliphatic heterocycles. The van der Waals surface area contributed by atoms with Gasteiger partial charge in [0.2, 0.25) is 5.78 Å². The van der Waals surface area contributed by atoms with Crippen molar-refractivity contribution >= 4 is 5.78 Å². The van der Waals surface area contributed by atoms with E-state index in [0.29, 0.717) is 11.5 Å². The van der Waals surface area contributed by atoms with Crippen molar-refractivity contribution < 1.29 is 0 Å². The van der Waals surface area contributed by atoms with E-state index in [-0.39, 0.29) is 5.56 Å². The highest BCUT2D eigenvalue weighted by Gasteiger charge is 2.04. The first kappa shape index (κ1) is 8.84. The summed E-state index contributed by atoms with van der Waals surface area (Å²) in [7, 11) is 0. The van der Waals surface area contributed by atoms with E-state index < -0.39 is 0 Å². The number of aromatic nitrogens is 4. The van der Waals surface area contributed by atoms with Gasteiger partial charge in [-0.3, -0.25) is 4.79 Å². The third-order valence-corrected chi connectivity index (χ3v) is 2.36. The molecule has 2 aromatic heterocycles. The van der Waals surface area contributed by atoms with Gasteiger partial charge in [0, 0.05) is 11.6 Å². The Bertz CT molecular complexity index is 684. The fourth-order valence-corrected chi connectivity index (χ4v) is 1.58. The fourth-order valence-electron chi connectivity index (χ4n) is 1.58. The lowest BCUT2D eigenvalue weighted by Crippen LogP contribution is -2.12. The molecule has 3 rings (SSSR count). The summed E-state index contributed by atoms with van der Waals surface area (Å²) in [6.07, 6.45) is 1.42. The average Bonchev–Trinajstić information content (AvgIpc) is 2.79. The van der Waals surface area contributed by atoms with Crippen molar-refractivity contribution in [2.24, 2.45) is 0 Å². The van der Waals surface area contributed by atoms with Crippen LogP contribution in [-0.4, -0.2) is 19.6 Å². The largest absolute Gasteiger partial charge is 0.269 e. The van der Waals surface area contributed by atoms with Crippen LogP contribution in [0.15, 0.2) is 47.5 Å². The van der Waals surface area contributed by atoms with Crippen LogP contribution in [0, 0.1) is 0 Å². The van der Waals surface area contributed by atoms with Crippen LogP contribution in [0.4, 0.5) is 0 Å². The average molecular weight is 212 g/mol. The number of nitrogens with zero attached hydrogens (tertiary/aromatic N) is 3. The maximum atomic E-state index is 11.7. The molecule has 0 saturated carbocycles. The quantitative estimate of drug-likeness (QED) is 0.656. The highest BCUT2D eigenvalue weighted by Crippen LogP contribution is 2.14. The molecular weight excluding hydrogens is 204 g/mol. The van der Waals surface area contributed by atoms with Crippen LogP contribution in [0.5, 0.6) is 0 Å². The summed E-state index contributed by atoms with van der Waals surface area (Å²) in [6, 6.07) is 11.1. The number of aromatic amines is 1. The van der Waals surface area contributed by atoms with Crippen LogP contribution in [-0.2, 0) is 0 Å². The van der Waals surface area contributed by atoms with E-state index in [0.717, 1.165) is 5.56 Å². The summed E-state index contributed by atoms with van der Waals surface area (Å²) in [4.78, 5) is 16.0. The Morgan fingerprint density at radius 3 is 2.81 bits per heavy atom. The third kappa shape index (κ3) is 1.30. The number of hydrogen-bond acceptors (Lipinski definition) is 3. The third-order valence-electron chi connectivity index (χ3n) is 2.36. The highest BCUT2D eigenvalue weighted by atomic mass is 16.1. The molecule has 3 aromatic rings. The molecule has 0 unspecified atom stereocenters. The van der Waals surface area contributed by atoms with E-state index in [1.54, 1.807) is 0 Å². The van der Waals surface area contributed by atoms with Gasteiger partial charge in [-0.05, 0) is 0 Å². The molecule has 0 saturated heterocycles. The van der Waals surface area contributed by atoms with E-state index >= 15 is 0 Å². The molecule has 1 aromatic carbocycles. The van der Waals surface area contributed by atoms with Crippen molar-refractivity contribution in [3.05, 3.63) is 53.1 Å². The first-order valence-electron chi connectivity index (χ1n) is 4.83. The topological polar surface area (TPSA) is 63.0 Å². The van der Waals surface area contributed by atoms with Crippen LogP contribution < -0.4 is 5.56 Å². The van der Waals surface area contributed by atoms with Crippen molar-refractivity contribution in [1.82, 2.24) is 19.6 Å². The number of H-pyrrole nitrogens is 1. The molecule has 5 heteroatoms. The van der Waals surface area contributed by atoms with E-state index in [2.05, 4.69) is 15.2 Å². The summed E-state index contributed by atoms with van der Waals surface area (Å²) in [5.41, 5.74) is 1.42. The van der Waals surface area contributed by atoms with E-state index in [9.17, 15) is 4.79 Å². The van der Waals surface area contributed by atoms with Gasteiger partial charge in [-0.25, -0.2) is 14.5 Å². The molecule has 0 atom stereocenters. The smallest absolute Gasteiger partial charge is 0.260 e. The van der Waals surface area contributed by atoms with Crippen LogP contribution in [0.1, 0.15) is 0 Å². The molecular formula is C11H8N4O. The van der Waals surface area contributed by atoms with Crippen molar-refractivity contribution in [3.8, 4) is 11.3 Å². The maximum absolute atomic E-state index is 11.7. The number of fused-ring (bicyclic) bond motifs is 1. The zero-order chi connectivity index (χ0) is 11.0. The van der Waals surface area contributed by atoms with Crippen molar-refractivity contribution in [2.75, 3.05) is 0 Å². The van der Waals surface area contributed by atoms with Crippen molar-refractivity contribution in [1.29, 1.82) is 0 Å². The highest BCUT2D eigenvalue weighted by molar-refractivity contribution is 5.60. The summed E-state index contributed by atoms with van der Waals surface area (Å²) < 4.78 is 1.37. The van der Waals surface area contributed by atoms with Gasteiger partial charge in [-0.1, -0.05) is 30.3 Å². The summed E-state index contributed by atoms with van der Waals surface area (Å²) in [5.74, 6) is 0.450. The molecule has 0 amide bonds. The van der Waals surface area contributed by atoms with Gasteiger partial charge in [0.15, 0.2) is 0 Å². The molecule has 0 aliphatic rings.